The Morgan fingerprint density at radius 1 is 1.23 bits per heavy atom. The van der Waals surface area contributed by atoms with Gasteiger partial charge in [0.1, 0.15) is 29.1 Å². The van der Waals surface area contributed by atoms with Gasteiger partial charge in [-0.1, -0.05) is 0 Å². The molecule has 206 valence electrons. The van der Waals surface area contributed by atoms with Crippen molar-refractivity contribution in [2.75, 3.05) is 17.2 Å². The van der Waals surface area contributed by atoms with Crippen molar-refractivity contribution in [3.63, 3.8) is 0 Å². The number of anilines is 2. The molecule has 13 heteroatoms. The number of fused-ring (bicyclic) bond motifs is 5. The number of aryl methyl sites for hydroxylation is 2. The summed E-state index contributed by atoms with van der Waals surface area (Å²) in [5, 5.41) is 3.69. The highest BCUT2D eigenvalue weighted by atomic mass is 19.4. The molecule has 2 saturated heterocycles. The van der Waals surface area contributed by atoms with E-state index in [0.717, 1.165) is 25.8 Å². The van der Waals surface area contributed by atoms with Crippen molar-refractivity contribution in [1.82, 2.24) is 20.3 Å². The van der Waals surface area contributed by atoms with Gasteiger partial charge < -0.3 is 26.4 Å². The summed E-state index contributed by atoms with van der Waals surface area (Å²) in [6.07, 6.45) is -3.62. The minimum absolute atomic E-state index is 0.00652. The van der Waals surface area contributed by atoms with E-state index in [4.69, 9.17) is 16.2 Å². The molecule has 0 saturated carbocycles. The third-order valence-corrected chi connectivity index (χ3v) is 8.15. The molecule has 2 fully saturated rings. The maximum absolute atomic E-state index is 16.5. The number of nitrogens with one attached hydrogen (secondary N) is 1. The molecule has 0 spiro atoms. The van der Waals surface area contributed by atoms with Gasteiger partial charge in [0.05, 0.1) is 22.7 Å². The van der Waals surface area contributed by atoms with Crippen LogP contribution in [0.1, 0.15) is 54.0 Å². The molecule has 39 heavy (non-hydrogen) atoms. The van der Waals surface area contributed by atoms with Crippen LogP contribution in [-0.4, -0.2) is 51.1 Å². The van der Waals surface area contributed by atoms with Crippen LogP contribution in [0, 0.1) is 19.7 Å². The van der Waals surface area contributed by atoms with Gasteiger partial charge in [0.25, 0.3) is 5.91 Å². The van der Waals surface area contributed by atoms with E-state index in [1.807, 2.05) is 11.8 Å². The number of carbonyl (C=O) groups is 1. The van der Waals surface area contributed by atoms with Crippen molar-refractivity contribution in [1.29, 1.82) is 0 Å². The van der Waals surface area contributed by atoms with Crippen LogP contribution in [-0.2, 0) is 6.18 Å². The first-order valence-corrected chi connectivity index (χ1v) is 12.6. The van der Waals surface area contributed by atoms with E-state index in [1.165, 1.54) is 6.92 Å². The van der Waals surface area contributed by atoms with Crippen LogP contribution in [0.2, 0.25) is 0 Å². The average molecular weight is 546 g/mol. The molecule has 1 amide bonds. The Hall–Kier alpha value is -3.74. The number of hydrogen-bond donors (Lipinski definition) is 3. The fraction of sp³-hybridized carbons (Fsp3) is 0.462. The highest BCUT2D eigenvalue weighted by Gasteiger charge is 2.51. The lowest BCUT2D eigenvalue weighted by molar-refractivity contribution is -0.137. The summed E-state index contributed by atoms with van der Waals surface area (Å²) < 4.78 is 65.4. The monoisotopic (exact) mass is 545 g/mol. The molecule has 3 aromatic rings. The van der Waals surface area contributed by atoms with Crippen molar-refractivity contribution in [3.8, 4) is 17.1 Å². The first-order chi connectivity index (χ1) is 18.2. The lowest BCUT2D eigenvalue weighted by Crippen LogP contribution is -2.66. The van der Waals surface area contributed by atoms with E-state index < -0.39 is 46.5 Å². The molecule has 9 nitrogen and oxygen atoms in total. The van der Waals surface area contributed by atoms with Gasteiger partial charge in [0.15, 0.2) is 5.82 Å². The summed E-state index contributed by atoms with van der Waals surface area (Å²) >= 11 is 0. The van der Waals surface area contributed by atoms with Gasteiger partial charge in [0, 0.05) is 29.1 Å². The summed E-state index contributed by atoms with van der Waals surface area (Å²) in [6, 6.07) is 0.691. The second-order valence-corrected chi connectivity index (χ2v) is 10.9. The van der Waals surface area contributed by atoms with Crippen molar-refractivity contribution < 1.29 is 27.1 Å². The highest BCUT2D eigenvalue weighted by molar-refractivity contribution is 6.06. The van der Waals surface area contributed by atoms with E-state index in [0.29, 0.717) is 6.54 Å². The van der Waals surface area contributed by atoms with Crippen LogP contribution in [0.15, 0.2) is 6.07 Å². The number of nitrogens with zero attached hydrogens (tertiary/aromatic N) is 4. The average Bonchev–Trinajstić information content (AvgIpc) is 3.06. The second-order valence-electron chi connectivity index (χ2n) is 10.9. The number of halogens is 4. The van der Waals surface area contributed by atoms with Gasteiger partial charge in [0.2, 0.25) is 5.88 Å². The number of aromatic nitrogens is 3. The Balaban J connectivity index is 1.72. The number of pyridine rings is 3. The Morgan fingerprint density at radius 2 is 1.95 bits per heavy atom. The molecule has 6 rings (SSSR count). The number of carbonyl (C=O) groups excluding carboxylic acids is 1. The van der Waals surface area contributed by atoms with Gasteiger partial charge in [-0.2, -0.15) is 13.2 Å². The lowest BCUT2D eigenvalue weighted by Gasteiger charge is -2.46. The number of nitrogens with two attached hydrogens (primary N) is 2. The summed E-state index contributed by atoms with van der Waals surface area (Å²) in [7, 11) is 0. The SMILES string of the molecule is Cc1nc(N)cc(-c2nc3c4c(nc(C(N)=O)c(C)c4c2F)N2C[C@@]4(C)CC[C@H](N4)[C@H]2[C@H](C)O3)c1C(F)(F)F. The Morgan fingerprint density at radius 3 is 2.62 bits per heavy atom. The summed E-state index contributed by atoms with van der Waals surface area (Å²) in [5.74, 6) is -1.98. The molecule has 0 aromatic carbocycles. The molecule has 3 aromatic heterocycles. The van der Waals surface area contributed by atoms with Crippen LogP contribution in [0.3, 0.4) is 0 Å². The topological polar surface area (TPSA) is 132 Å². The lowest BCUT2D eigenvalue weighted by atomic mass is 9.95. The van der Waals surface area contributed by atoms with Crippen molar-refractivity contribution in [3.05, 3.63) is 34.4 Å². The van der Waals surface area contributed by atoms with Gasteiger partial charge in [-0.25, -0.2) is 19.3 Å². The highest BCUT2D eigenvalue weighted by Crippen LogP contribution is 2.48. The smallest absolute Gasteiger partial charge is 0.418 e. The fourth-order valence-corrected chi connectivity index (χ4v) is 6.61. The number of amides is 1. The number of hydrogen-bond acceptors (Lipinski definition) is 8. The third kappa shape index (κ3) is 3.69. The van der Waals surface area contributed by atoms with Crippen LogP contribution < -0.4 is 26.4 Å². The number of nitrogen functional groups attached to an aromatic ring is 1. The Labute approximate surface area is 220 Å². The molecule has 6 heterocycles. The third-order valence-electron chi connectivity index (χ3n) is 8.15. The van der Waals surface area contributed by atoms with Crippen LogP contribution in [0.25, 0.3) is 22.0 Å². The quantitative estimate of drug-likeness (QED) is 0.416. The van der Waals surface area contributed by atoms with E-state index in [9.17, 15) is 18.0 Å². The zero-order chi connectivity index (χ0) is 28.2. The van der Waals surface area contributed by atoms with Crippen LogP contribution >= 0.6 is 0 Å². The standard InChI is InChI=1S/C26H27F4N7O2/c1-9-15-16-23(34-19(9)22(32)38)37-8-25(4)6-5-13(36-25)21(37)11(3)39-24(16)35-20(18(15)27)12-7-14(31)33-10(2)17(12)26(28,29)30/h7,11,13,21,36H,5-6,8H2,1-4H3,(H2,31,33)(H2,32,38)/t11-,13-,21+,25+/m0/s1. The van der Waals surface area contributed by atoms with E-state index in [-0.39, 0.29) is 57.2 Å². The zero-order valence-corrected chi connectivity index (χ0v) is 21.7. The number of primary amides is 1. The zero-order valence-electron chi connectivity index (χ0n) is 21.7. The minimum Gasteiger partial charge on any atom is -0.472 e. The normalized spacial score (nSPS) is 25.8. The molecule has 2 bridgehead atoms. The van der Waals surface area contributed by atoms with Gasteiger partial charge in [-0.15, -0.1) is 0 Å². The molecular formula is C26H27F4N7O2. The first kappa shape index (κ1) is 25.5. The van der Waals surface area contributed by atoms with Gasteiger partial charge >= 0.3 is 6.18 Å². The second kappa shape index (κ2) is 8.13. The maximum Gasteiger partial charge on any atom is 0.418 e. The Bertz CT molecular complexity index is 1580. The van der Waals surface area contributed by atoms with Crippen molar-refractivity contribution in [2.24, 2.45) is 5.73 Å². The van der Waals surface area contributed by atoms with E-state index >= 15 is 4.39 Å². The predicted molar refractivity (Wildman–Crippen MR) is 136 cm³/mol. The van der Waals surface area contributed by atoms with E-state index in [2.05, 4.69) is 27.2 Å². The summed E-state index contributed by atoms with van der Waals surface area (Å²) in [4.78, 5) is 27.1. The van der Waals surface area contributed by atoms with Crippen LogP contribution in [0.4, 0.5) is 29.2 Å². The largest absolute Gasteiger partial charge is 0.472 e. The van der Waals surface area contributed by atoms with Gasteiger partial charge in [-0.05, 0) is 52.2 Å². The van der Waals surface area contributed by atoms with E-state index in [1.54, 1.807) is 0 Å². The first-order valence-electron chi connectivity index (χ1n) is 12.6. The molecule has 0 aliphatic carbocycles. The molecule has 0 unspecified atom stereocenters. The molecule has 5 N–H and O–H groups in total. The van der Waals surface area contributed by atoms with Crippen molar-refractivity contribution in [2.45, 2.75) is 70.4 Å². The number of piperazine rings is 1. The fourth-order valence-electron chi connectivity index (χ4n) is 6.61. The number of ether oxygens (including phenoxy) is 1. The Kier molecular flexibility index (Phi) is 5.33. The number of rotatable bonds is 2. The van der Waals surface area contributed by atoms with Crippen LogP contribution in [0.5, 0.6) is 5.88 Å². The molecule has 3 aliphatic rings. The molecule has 3 aliphatic heterocycles. The maximum atomic E-state index is 16.5. The molecule has 4 atom stereocenters. The van der Waals surface area contributed by atoms with Gasteiger partial charge in [-0.3, -0.25) is 4.79 Å². The molecule has 0 radical (unpaired) electrons. The molecular weight excluding hydrogens is 518 g/mol. The predicted octanol–water partition coefficient (Wildman–Crippen LogP) is 3.63. The minimum atomic E-state index is -4.87. The van der Waals surface area contributed by atoms with Crippen molar-refractivity contribution >= 4 is 28.3 Å². The summed E-state index contributed by atoms with van der Waals surface area (Å²) in [5.41, 5.74) is 8.34. The summed E-state index contributed by atoms with van der Waals surface area (Å²) in [6.45, 7) is 7.01. The number of alkyl halides is 3.